The summed E-state index contributed by atoms with van der Waals surface area (Å²) < 4.78 is 5.82. The van der Waals surface area contributed by atoms with Crippen molar-refractivity contribution >= 4 is 11.6 Å². The van der Waals surface area contributed by atoms with Crippen molar-refractivity contribution in [2.75, 3.05) is 31.1 Å². The van der Waals surface area contributed by atoms with E-state index in [1.54, 1.807) is 0 Å². The number of benzene rings is 2. The zero-order valence-corrected chi connectivity index (χ0v) is 14.9. The average molecular weight is 360 g/mol. The average Bonchev–Trinajstić information content (AvgIpc) is 3.19. The number of carbonyl (C=O) groups excluding carboxylic acids is 1. The molecule has 2 aliphatic heterocycles. The summed E-state index contributed by atoms with van der Waals surface area (Å²) >= 11 is 0. The molecule has 1 amide bonds. The lowest BCUT2D eigenvalue weighted by atomic mass is 10.0. The highest BCUT2D eigenvalue weighted by Gasteiger charge is 2.30. The number of hydrogen-bond donors (Lipinski definition) is 1. The molecule has 0 radical (unpaired) electrons. The minimum Gasteiger partial charge on any atom is -0.488 e. The normalized spacial score (nSPS) is 15.7. The summed E-state index contributed by atoms with van der Waals surface area (Å²) in [4.78, 5) is 17.3. The van der Waals surface area contributed by atoms with E-state index in [1.807, 2.05) is 47.4 Å². The summed E-state index contributed by atoms with van der Waals surface area (Å²) in [5.74, 6) is 0.811. The van der Waals surface area contributed by atoms with Gasteiger partial charge in [-0.2, -0.15) is 5.10 Å². The van der Waals surface area contributed by atoms with Crippen molar-refractivity contribution in [1.82, 2.24) is 15.1 Å². The monoisotopic (exact) mass is 360 g/mol. The summed E-state index contributed by atoms with van der Waals surface area (Å²) in [6.45, 7) is 3.41. The molecule has 0 unspecified atom stereocenters. The van der Waals surface area contributed by atoms with Gasteiger partial charge in [-0.25, -0.2) is 0 Å². The van der Waals surface area contributed by atoms with Crippen molar-refractivity contribution in [2.45, 2.75) is 6.61 Å². The Morgan fingerprint density at radius 2 is 1.70 bits per heavy atom. The smallest absolute Gasteiger partial charge is 0.272 e. The second kappa shape index (κ2) is 6.46. The molecular formula is C21H20N4O2. The number of amides is 1. The van der Waals surface area contributed by atoms with Crippen molar-refractivity contribution < 1.29 is 9.53 Å². The topological polar surface area (TPSA) is 61.5 Å². The highest BCUT2D eigenvalue weighted by molar-refractivity contribution is 5.96. The molecule has 27 heavy (non-hydrogen) atoms. The van der Waals surface area contributed by atoms with E-state index in [1.165, 1.54) is 5.69 Å². The number of piperazine rings is 1. The second-order valence-electron chi connectivity index (χ2n) is 6.83. The molecule has 6 nitrogen and oxygen atoms in total. The van der Waals surface area contributed by atoms with Gasteiger partial charge in [0.15, 0.2) is 0 Å². The van der Waals surface area contributed by atoms with Crippen LogP contribution < -0.4 is 9.64 Å². The predicted molar refractivity (Wildman–Crippen MR) is 103 cm³/mol. The van der Waals surface area contributed by atoms with Crippen LogP contribution in [0, 0.1) is 0 Å². The van der Waals surface area contributed by atoms with E-state index in [4.69, 9.17) is 4.74 Å². The molecule has 1 aromatic heterocycles. The fraction of sp³-hybridized carbons (Fsp3) is 0.238. The molecule has 5 rings (SSSR count). The van der Waals surface area contributed by atoms with Crippen molar-refractivity contribution in [3.63, 3.8) is 0 Å². The van der Waals surface area contributed by atoms with Gasteiger partial charge < -0.3 is 14.5 Å². The van der Waals surface area contributed by atoms with Crippen LogP contribution in [0.25, 0.3) is 11.3 Å². The largest absolute Gasteiger partial charge is 0.488 e. The zero-order valence-electron chi connectivity index (χ0n) is 14.9. The van der Waals surface area contributed by atoms with Crippen LogP contribution in [-0.2, 0) is 6.61 Å². The fourth-order valence-corrected chi connectivity index (χ4v) is 3.81. The number of nitrogens with one attached hydrogen (secondary N) is 1. The minimum absolute atomic E-state index is 0.000516. The van der Waals surface area contributed by atoms with Crippen LogP contribution in [0.15, 0.2) is 54.6 Å². The molecule has 3 aromatic rings. The molecule has 3 heterocycles. The maximum Gasteiger partial charge on any atom is 0.272 e. The van der Waals surface area contributed by atoms with Gasteiger partial charge in [-0.3, -0.25) is 9.89 Å². The maximum atomic E-state index is 13.1. The number of nitrogens with zero attached hydrogens (tertiary/aromatic N) is 3. The summed E-state index contributed by atoms with van der Waals surface area (Å²) in [5.41, 5.74) is 4.36. The first-order chi connectivity index (χ1) is 13.3. The number of ether oxygens (including phenoxy) is 1. The molecule has 2 aliphatic rings. The van der Waals surface area contributed by atoms with Crippen LogP contribution >= 0.6 is 0 Å². The Morgan fingerprint density at radius 3 is 2.52 bits per heavy atom. The van der Waals surface area contributed by atoms with Gasteiger partial charge in [0, 0.05) is 43.0 Å². The van der Waals surface area contributed by atoms with Gasteiger partial charge in [-0.05, 0) is 24.3 Å². The van der Waals surface area contributed by atoms with Crippen molar-refractivity contribution in [3.8, 4) is 17.0 Å². The lowest BCUT2D eigenvalue weighted by Gasteiger charge is -2.36. The second-order valence-corrected chi connectivity index (χ2v) is 6.83. The number of carbonyl (C=O) groups is 1. The van der Waals surface area contributed by atoms with Gasteiger partial charge in [0.25, 0.3) is 5.91 Å². The molecule has 1 fully saturated rings. The molecule has 0 atom stereocenters. The van der Waals surface area contributed by atoms with E-state index in [9.17, 15) is 4.79 Å². The zero-order chi connectivity index (χ0) is 18.2. The van der Waals surface area contributed by atoms with Crippen molar-refractivity contribution in [2.24, 2.45) is 0 Å². The quantitative estimate of drug-likeness (QED) is 0.763. The Kier molecular flexibility index (Phi) is 3.81. The fourth-order valence-electron chi connectivity index (χ4n) is 3.81. The first-order valence-electron chi connectivity index (χ1n) is 9.20. The first kappa shape index (κ1) is 15.9. The Labute approximate surface area is 157 Å². The van der Waals surface area contributed by atoms with E-state index in [2.05, 4.69) is 27.2 Å². The standard InChI is InChI=1S/C21H20N4O2/c26-21(25-12-10-24(11-13-25)15-6-2-1-3-7-15)20-17-14-27-18-9-5-4-8-16(18)19(17)22-23-20/h1-9H,10-14H2,(H,22,23). The van der Waals surface area contributed by atoms with E-state index in [0.717, 1.165) is 35.7 Å². The van der Waals surface area contributed by atoms with E-state index in [0.29, 0.717) is 25.4 Å². The Balaban J connectivity index is 1.34. The SMILES string of the molecule is O=C(c1[nH]nc2c1COc1ccccc1-2)N1CCN(c2ccccc2)CC1. The van der Waals surface area contributed by atoms with Crippen LogP contribution in [0.4, 0.5) is 5.69 Å². The summed E-state index contributed by atoms with van der Waals surface area (Å²) in [5, 5.41) is 7.38. The molecular weight excluding hydrogens is 340 g/mol. The van der Waals surface area contributed by atoms with Crippen LogP contribution in [0.3, 0.4) is 0 Å². The molecule has 1 N–H and O–H groups in total. The van der Waals surface area contributed by atoms with Crippen LogP contribution in [0.5, 0.6) is 5.75 Å². The van der Waals surface area contributed by atoms with Gasteiger partial charge in [0.1, 0.15) is 23.7 Å². The molecule has 2 aromatic carbocycles. The molecule has 0 bridgehead atoms. The van der Waals surface area contributed by atoms with E-state index >= 15 is 0 Å². The number of para-hydroxylation sites is 2. The number of aromatic nitrogens is 2. The highest BCUT2D eigenvalue weighted by atomic mass is 16.5. The number of H-pyrrole nitrogens is 1. The Bertz CT molecular complexity index is 975. The van der Waals surface area contributed by atoms with Gasteiger partial charge >= 0.3 is 0 Å². The van der Waals surface area contributed by atoms with Crippen LogP contribution in [0.1, 0.15) is 16.1 Å². The molecule has 1 saturated heterocycles. The molecule has 0 aliphatic carbocycles. The third-order valence-corrected chi connectivity index (χ3v) is 5.28. The summed E-state index contributed by atoms with van der Waals surface area (Å²) in [7, 11) is 0. The Morgan fingerprint density at radius 1 is 0.963 bits per heavy atom. The lowest BCUT2D eigenvalue weighted by Crippen LogP contribution is -2.49. The molecule has 136 valence electrons. The number of rotatable bonds is 2. The third kappa shape index (κ3) is 2.73. The lowest BCUT2D eigenvalue weighted by molar-refractivity contribution is 0.0738. The molecule has 0 spiro atoms. The van der Waals surface area contributed by atoms with Gasteiger partial charge in [0.05, 0.1) is 0 Å². The Hall–Kier alpha value is -3.28. The number of anilines is 1. The van der Waals surface area contributed by atoms with Gasteiger partial charge in [0.2, 0.25) is 0 Å². The van der Waals surface area contributed by atoms with E-state index in [-0.39, 0.29) is 5.91 Å². The number of fused-ring (bicyclic) bond motifs is 3. The predicted octanol–water partition coefficient (Wildman–Crippen LogP) is 2.93. The number of aromatic amines is 1. The van der Waals surface area contributed by atoms with Crippen LogP contribution in [0.2, 0.25) is 0 Å². The molecule has 0 saturated carbocycles. The van der Waals surface area contributed by atoms with E-state index < -0.39 is 0 Å². The van der Waals surface area contributed by atoms with Crippen LogP contribution in [-0.4, -0.2) is 47.2 Å². The number of hydrogen-bond acceptors (Lipinski definition) is 4. The minimum atomic E-state index is -0.000516. The summed E-state index contributed by atoms with van der Waals surface area (Å²) in [6.07, 6.45) is 0. The van der Waals surface area contributed by atoms with Gasteiger partial charge in [-0.15, -0.1) is 0 Å². The highest BCUT2D eigenvalue weighted by Crippen LogP contribution is 2.37. The van der Waals surface area contributed by atoms with Crippen molar-refractivity contribution in [3.05, 3.63) is 65.9 Å². The maximum absolute atomic E-state index is 13.1. The van der Waals surface area contributed by atoms with Gasteiger partial charge in [-0.1, -0.05) is 30.3 Å². The van der Waals surface area contributed by atoms with Crippen molar-refractivity contribution in [1.29, 1.82) is 0 Å². The molecule has 6 heteroatoms. The third-order valence-electron chi connectivity index (χ3n) is 5.28. The first-order valence-corrected chi connectivity index (χ1v) is 9.20. The summed E-state index contributed by atoms with van der Waals surface area (Å²) in [6, 6.07) is 18.1.